The van der Waals surface area contributed by atoms with Gasteiger partial charge in [-0.15, -0.1) is 0 Å². The number of nitrogens with one attached hydrogen (secondary N) is 2. The number of phosphoric ester groups is 2. The van der Waals surface area contributed by atoms with Crippen molar-refractivity contribution in [3.8, 4) is 0 Å². The van der Waals surface area contributed by atoms with E-state index in [0.717, 1.165) is 43.5 Å². The zero-order chi connectivity index (χ0) is 57.8. The zero-order valence-electron chi connectivity index (χ0n) is 42.0. The number of anilines is 3. The molecule has 0 aromatic carbocycles. The first-order chi connectivity index (χ1) is 37.7. The maximum Gasteiger partial charge on any atom is 0.490 e. The van der Waals surface area contributed by atoms with Crippen LogP contribution in [0.4, 0.5) is 17.7 Å². The number of fused-ring (bicyclic) bond motifs is 3. The van der Waals surface area contributed by atoms with Crippen molar-refractivity contribution in [2.45, 2.75) is 93.3 Å². The summed E-state index contributed by atoms with van der Waals surface area (Å²) in [6, 6.07) is 0. The maximum absolute atomic E-state index is 14.5. The Morgan fingerprint density at radius 3 is 2.04 bits per heavy atom. The van der Waals surface area contributed by atoms with Gasteiger partial charge in [-0.25, -0.2) is 38.2 Å². The molecule has 0 amide bonds. The van der Waals surface area contributed by atoms with E-state index < -0.39 is 135 Å². The molecule has 16 atom stereocenters. The lowest BCUT2D eigenvalue weighted by molar-refractivity contribution is -0.745. The topological polar surface area (TPSA) is 542 Å². The summed E-state index contributed by atoms with van der Waals surface area (Å²) in [6.45, 7) is -0.785. The fourth-order valence-corrected chi connectivity index (χ4v) is 14.8. The number of nitrogens with zero attached hydrogens (tertiary/aromatic N) is 10. The molecule has 3 aliphatic rings. The first kappa shape index (κ1) is 59.5. The maximum atomic E-state index is 14.5. The first-order valence-corrected chi connectivity index (χ1v) is 30.1. The SMILES string of the molecule is CCCCOCC[C@H]1[C@@H](O)[C@H]([n+]2cn(C)c3c(=O)[nH]c(N)nc32)O[C@@H]1COP(=O)(O)OP(=O)(O)OP(=O)(O)OCC1O[C@@H](n2cnc3c(N)ncnc32)[C@H](OC)[C@@H]1P(=O)(O)OC[C@H]1O[C@@H](n2cnc3c(=O)[nH]c(N)nc32)[C@H](O)[C@@H]1O. The highest BCUT2D eigenvalue weighted by molar-refractivity contribution is 7.66. The van der Waals surface area contributed by atoms with E-state index >= 15 is 0 Å². The molecule has 3 fully saturated rings. The van der Waals surface area contributed by atoms with E-state index in [2.05, 4.69) is 48.5 Å². The van der Waals surface area contributed by atoms with Gasteiger partial charge in [0, 0.05) is 26.2 Å². The Morgan fingerprint density at radius 2 is 1.35 bits per heavy atom. The number of ether oxygens (including phenoxy) is 5. The summed E-state index contributed by atoms with van der Waals surface area (Å²) in [6.07, 6.45) is -9.45. The van der Waals surface area contributed by atoms with E-state index in [1.807, 2.05) is 6.92 Å². The third-order valence-corrected chi connectivity index (χ3v) is 19.3. The minimum absolute atomic E-state index is 0.000555. The molecule has 0 radical (unpaired) electrons. The summed E-state index contributed by atoms with van der Waals surface area (Å²) in [5.41, 5.74) is 13.9. The van der Waals surface area contributed by atoms with Crippen LogP contribution >= 0.6 is 31.1 Å². The fraction of sp³-hybridized carbons (Fsp3) is 0.605. The lowest BCUT2D eigenvalue weighted by Gasteiger charge is -2.28. The van der Waals surface area contributed by atoms with Gasteiger partial charge >= 0.3 is 36.7 Å². The number of aromatic amines is 2. The zero-order valence-corrected chi connectivity index (χ0v) is 45.6. The van der Waals surface area contributed by atoms with Crippen molar-refractivity contribution in [2.24, 2.45) is 13.0 Å². The highest BCUT2D eigenvalue weighted by Gasteiger charge is 2.58. The number of hydrogen-bond acceptors (Lipinski definition) is 28. The summed E-state index contributed by atoms with van der Waals surface area (Å²) >= 11 is 0. The minimum Gasteiger partial charge on any atom is -0.387 e. The Bertz CT molecular complexity index is 3570. The van der Waals surface area contributed by atoms with E-state index in [0.29, 0.717) is 6.61 Å². The molecule has 6 aromatic heterocycles. The van der Waals surface area contributed by atoms with Gasteiger partial charge in [0.25, 0.3) is 17.1 Å². The van der Waals surface area contributed by atoms with Crippen LogP contribution in [-0.4, -0.2) is 177 Å². The van der Waals surface area contributed by atoms with E-state index in [1.54, 1.807) is 0 Å². The molecular weight excluding hydrogens is 1160 g/mol. The molecule has 0 spiro atoms. The van der Waals surface area contributed by atoms with Crippen molar-refractivity contribution in [2.75, 3.05) is 57.3 Å². The molecule has 0 aliphatic carbocycles. The number of aryl methyl sites for hydroxylation is 1. The highest BCUT2D eigenvalue weighted by atomic mass is 31.3. The molecule has 0 saturated carbocycles. The number of rotatable bonds is 24. The van der Waals surface area contributed by atoms with Crippen LogP contribution in [0.1, 0.15) is 44.9 Å². The van der Waals surface area contributed by atoms with Gasteiger partial charge in [0.1, 0.15) is 54.1 Å². The number of H-pyrrole nitrogens is 2. The van der Waals surface area contributed by atoms with Gasteiger partial charge in [-0.1, -0.05) is 18.3 Å². The Morgan fingerprint density at radius 1 is 0.725 bits per heavy atom. The van der Waals surface area contributed by atoms with Crippen LogP contribution < -0.4 is 32.9 Å². The molecule has 38 nitrogen and oxygen atoms in total. The number of methoxy groups -OCH3 is 1. The number of imidazole rings is 3. The quantitative estimate of drug-likeness (QED) is 0.0174. The molecule has 6 aromatic rings. The van der Waals surface area contributed by atoms with Gasteiger partial charge in [-0.2, -0.15) is 13.6 Å². The van der Waals surface area contributed by atoms with Crippen LogP contribution in [-0.2, 0) is 71.2 Å². The van der Waals surface area contributed by atoms with Gasteiger partial charge < -0.3 is 80.3 Å². The molecule has 9 heterocycles. The van der Waals surface area contributed by atoms with E-state index in [1.165, 1.54) is 27.1 Å². The number of aliphatic hydroxyl groups is 3. The second kappa shape index (κ2) is 23.3. The summed E-state index contributed by atoms with van der Waals surface area (Å²) in [7, 11) is -20.7. The van der Waals surface area contributed by atoms with Crippen LogP contribution in [0.15, 0.2) is 34.9 Å². The number of phosphoric acid groups is 3. The lowest BCUT2D eigenvalue weighted by Crippen LogP contribution is -2.45. The Hall–Kier alpha value is -5.11. The van der Waals surface area contributed by atoms with Crippen molar-refractivity contribution in [3.05, 3.63) is 46.0 Å². The normalized spacial score (nSPS) is 29.3. The second-order valence-electron chi connectivity index (χ2n) is 18.4. The monoisotopic (exact) mass is 1210 g/mol. The van der Waals surface area contributed by atoms with Crippen molar-refractivity contribution in [1.29, 1.82) is 0 Å². The third kappa shape index (κ3) is 12.2. The van der Waals surface area contributed by atoms with Gasteiger partial charge in [0.15, 0.2) is 41.4 Å². The minimum atomic E-state index is -6.20. The van der Waals surface area contributed by atoms with Gasteiger partial charge in [-0.05, 0) is 12.8 Å². The summed E-state index contributed by atoms with van der Waals surface area (Å²) in [4.78, 5) is 97.8. The van der Waals surface area contributed by atoms with Crippen LogP contribution in [0.5, 0.6) is 0 Å². The largest absolute Gasteiger partial charge is 0.490 e. The van der Waals surface area contributed by atoms with Gasteiger partial charge in [0.05, 0.1) is 45.6 Å². The molecule has 42 heteroatoms. The average Bonchev–Trinajstić information content (AvgIpc) is 4.32. The van der Waals surface area contributed by atoms with Crippen LogP contribution in [0.2, 0.25) is 0 Å². The molecule has 0 bridgehead atoms. The summed E-state index contributed by atoms with van der Waals surface area (Å²) in [5, 5.41) is 33.6. The second-order valence-corrected chi connectivity index (χ2v) is 25.0. The molecule has 5 unspecified atom stereocenters. The Balaban J connectivity index is 0.889. The lowest BCUT2D eigenvalue weighted by atomic mass is 9.95. The number of aliphatic hydroxyl groups excluding tert-OH is 3. The van der Waals surface area contributed by atoms with Gasteiger partial charge in [0.2, 0.25) is 17.7 Å². The number of nitrogen functional groups attached to an aromatic ring is 3. The van der Waals surface area contributed by atoms with E-state index in [9.17, 15) is 62.7 Å². The van der Waals surface area contributed by atoms with Gasteiger partial charge in [-0.3, -0.25) is 46.9 Å². The molecular formula is C38H56N15O23P4+. The molecule has 80 heavy (non-hydrogen) atoms. The third-order valence-electron chi connectivity index (χ3n) is 13.1. The number of unbranched alkanes of at least 4 members (excludes halogenated alkanes) is 1. The average molecular weight is 1210 g/mol. The van der Waals surface area contributed by atoms with Crippen LogP contribution in [0.3, 0.4) is 0 Å². The van der Waals surface area contributed by atoms with Crippen molar-refractivity contribution in [1.82, 2.24) is 53.6 Å². The molecule has 15 N–H and O–H groups in total. The van der Waals surface area contributed by atoms with E-state index in [4.69, 9.17) is 54.5 Å². The number of hydrogen-bond donors (Lipinski definition) is 12. The Labute approximate surface area is 448 Å². The number of nitrogens with two attached hydrogens (primary N) is 3. The number of aromatic nitrogens is 12. The van der Waals surface area contributed by atoms with Crippen molar-refractivity contribution in [3.63, 3.8) is 0 Å². The highest BCUT2D eigenvalue weighted by Crippen LogP contribution is 2.68. The fourth-order valence-electron chi connectivity index (χ4n) is 9.50. The Kier molecular flexibility index (Phi) is 17.3. The van der Waals surface area contributed by atoms with E-state index in [-0.39, 0.29) is 64.2 Å². The van der Waals surface area contributed by atoms with Crippen LogP contribution in [0, 0.1) is 5.92 Å². The van der Waals surface area contributed by atoms with Crippen molar-refractivity contribution >= 4 is 82.3 Å². The standard InChI is InChI=1S/C38H55N15O23P4/c1-4-5-7-68-8-6-16-17(72-34(23(16)54)53-15-50(2)22-31(53)47-38(41)49-33(22)58)9-70-78(61,62)75-80(65,66)76-79(63,64)71-11-19-27(26(67-3)36(74-19)51-13-44-20-28(39)42-12-43-29(20)51)77(59,60)69-10-18-24(55)25(56)35(73-18)52-14-45-21-30(52)46-37(40)48-32(21)57/h12-19,23-27,34-36,54-56H,4-11H2,1-3H3,(H11-,39,40,41,42,43,46,47,48,49,57,58,59,60,61,62,63,64,65,66)/p+1/t16-,17-,18-,19?,23-,24-,25-,26-,27-,34-,35-,36-/m1/s1. The molecule has 9 rings (SSSR count). The summed E-state index contributed by atoms with van der Waals surface area (Å²) < 4.78 is 113. The molecule has 440 valence electrons. The summed E-state index contributed by atoms with van der Waals surface area (Å²) in [5.74, 6) is -1.59. The predicted molar refractivity (Wildman–Crippen MR) is 266 cm³/mol. The first-order valence-electron chi connectivity index (χ1n) is 23.9. The molecule has 3 aliphatic heterocycles. The van der Waals surface area contributed by atoms with Crippen molar-refractivity contribution < 1.29 is 104 Å². The molecule has 3 saturated heterocycles. The smallest absolute Gasteiger partial charge is 0.387 e. The predicted octanol–water partition coefficient (Wildman–Crippen LogP) is -2.18. The van der Waals surface area contributed by atoms with Crippen LogP contribution in [0.25, 0.3) is 33.5 Å².